The smallest absolute Gasteiger partial charge is 0.318 e. The number of hydrogen-bond donors (Lipinski definition) is 1. The largest absolute Gasteiger partial charge is 0.443 e. The first kappa shape index (κ1) is 14.2. The van der Waals surface area contributed by atoms with Gasteiger partial charge in [0.25, 0.3) is 6.43 Å². The zero-order valence-electron chi connectivity index (χ0n) is 8.40. The van der Waals surface area contributed by atoms with Gasteiger partial charge in [0, 0.05) is 0 Å². The summed E-state index contributed by atoms with van der Waals surface area (Å²) < 4.78 is 58.1. The molecular formula is C7H12F2O5S. The lowest BCUT2D eigenvalue weighted by Gasteiger charge is -2.22. The van der Waals surface area contributed by atoms with E-state index in [0.29, 0.717) is 0 Å². The van der Waals surface area contributed by atoms with E-state index in [4.69, 9.17) is 4.55 Å². The lowest BCUT2D eigenvalue weighted by molar-refractivity contribution is -0.164. The molecule has 0 saturated heterocycles. The molecule has 15 heavy (non-hydrogen) atoms. The van der Waals surface area contributed by atoms with Crippen molar-refractivity contribution in [1.82, 2.24) is 0 Å². The van der Waals surface area contributed by atoms with Crippen LogP contribution in [0.1, 0.15) is 20.8 Å². The third kappa shape index (κ3) is 3.71. The van der Waals surface area contributed by atoms with Crippen molar-refractivity contribution in [3.8, 4) is 0 Å². The predicted octanol–water partition coefficient (Wildman–Crippen LogP) is 1.05. The minimum Gasteiger partial charge on any atom is -0.443 e. The highest BCUT2D eigenvalue weighted by atomic mass is 32.2. The Balaban J connectivity index is 4.66. The summed E-state index contributed by atoms with van der Waals surface area (Å²) in [6.45, 7) is 2.70. The van der Waals surface area contributed by atoms with E-state index >= 15 is 0 Å². The van der Waals surface area contributed by atoms with Gasteiger partial charge in [0.2, 0.25) is 5.44 Å². The highest BCUT2D eigenvalue weighted by molar-refractivity contribution is 7.86. The molecule has 1 unspecified atom stereocenters. The molecule has 90 valence electrons. The van der Waals surface area contributed by atoms with Crippen LogP contribution in [0.25, 0.3) is 0 Å². The molecule has 0 rings (SSSR count). The van der Waals surface area contributed by atoms with E-state index < -0.39 is 33.4 Å². The van der Waals surface area contributed by atoms with Gasteiger partial charge in [0.05, 0.1) is 0 Å². The average molecular weight is 246 g/mol. The molecule has 1 atom stereocenters. The molecule has 0 aromatic carbocycles. The van der Waals surface area contributed by atoms with Gasteiger partial charge in [-0.1, -0.05) is 0 Å². The maximum atomic E-state index is 12.3. The topological polar surface area (TPSA) is 80.7 Å². The Kier molecular flexibility index (Phi) is 4.17. The molecule has 0 fully saturated rings. The first-order chi connectivity index (χ1) is 6.49. The number of esters is 1. The molecule has 0 aliphatic rings. The quantitative estimate of drug-likeness (QED) is 0.592. The lowest BCUT2D eigenvalue weighted by atomic mass is 9.95. The third-order valence-electron chi connectivity index (χ3n) is 1.76. The van der Waals surface area contributed by atoms with Gasteiger partial charge in [0.1, 0.15) is 5.41 Å². The van der Waals surface area contributed by atoms with Crippen LogP contribution in [0.2, 0.25) is 0 Å². The van der Waals surface area contributed by atoms with E-state index in [0.717, 1.165) is 20.8 Å². The fourth-order valence-electron chi connectivity index (χ4n) is 0.452. The first-order valence-corrected chi connectivity index (χ1v) is 5.45. The first-order valence-electron chi connectivity index (χ1n) is 3.95. The van der Waals surface area contributed by atoms with Gasteiger partial charge in [-0.25, -0.2) is 8.78 Å². The summed E-state index contributed by atoms with van der Waals surface area (Å²) in [6.07, 6.45) is -2.99. The molecule has 1 N–H and O–H groups in total. The SMILES string of the molecule is CC(OC(=O)C(C)(C)C(F)F)S(=O)(=O)O. The van der Waals surface area contributed by atoms with Crippen LogP contribution in [0.4, 0.5) is 8.78 Å². The molecule has 0 aliphatic heterocycles. The van der Waals surface area contributed by atoms with Crippen molar-refractivity contribution in [3.05, 3.63) is 0 Å². The standard InChI is InChI=1S/C7H12F2O5S/c1-4(15(11,12)13)14-6(10)7(2,3)5(8)9/h4-5H,1-3H3,(H,11,12,13). The number of carbonyl (C=O) groups excluding carboxylic acids is 1. The Morgan fingerprint density at radius 2 is 1.80 bits per heavy atom. The van der Waals surface area contributed by atoms with Crippen LogP contribution in [0.5, 0.6) is 0 Å². The summed E-state index contributed by atoms with van der Waals surface area (Å²) in [5.41, 5.74) is -3.97. The second kappa shape index (κ2) is 4.40. The van der Waals surface area contributed by atoms with E-state index in [-0.39, 0.29) is 0 Å². The summed E-state index contributed by atoms with van der Waals surface area (Å²) in [7, 11) is -4.57. The normalized spacial score (nSPS) is 15.1. The van der Waals surface area contributed by atoms with Crippen LogP contribution in [0.15, 0.2) is 0 Å². The predicted molar refractivity (Wildman–Crippen MR) is 46.9 cm³/mol. The zero-order valence-corrected chi connectivity index (χ0v) is 9.22. The summed E-state index contributed by atoms with van der Waals surface area (Å²) in [6, 6.07) is 0. The van der Waals surface area contributed by atoms with Gasteiger partial charge in [-0.3, -0.25) is 9.35 Å². The maximum Gasteiger partial charge on any atom is 0.318 e. The third-order valence-corrected chi connectivity index (χ3v) is 2.70. The van der Waals surface area contributed by atoms with Crippen molar-refractivity contribution >= 4 is 16.1 Å². The fraction of sp³-hybridized carbons (Fsp3) is 0.857. The van der Waals surface area contributed by atoms with Crippen molar-refractivity contribution in [3.63, 3.8) is 0 Å². The van der Waals surface area contributed by atoms with Gasteiger partial charge in [-0.15, -0.1) is 0 Å². The second-order valence-electron chi connectivity index (χ2n) is 3.51. The van der Waals surface area contributed by atoms with E-state index in [1.807, 2.05) is 0 Å². The monoisotopic (exact) mass is 246 g/mol. The van der Waals surface area contributed by atoms with E-state index in [1.165, 1.54) is 0 Å². The Bertz CT molecular complexity index is 335. The van der Waals surface area contributed by atoms with E-state index in [1.54, 1.807) is 0 Å². The van der Waals surface area contributed by atoms with Crippen molar-refractivity contribution in [2.45, 2.75) is 32.6 Å². The van der Waals surface area contributed by atoms with Gasteiger partial charge in [-0.05, 0) is 20.8 Å². The average Bonchev–Trinajstić information content (AvgIpc) is 2.01. The molecule has 0 bridgehead atoms. The Labute approximate surface area is 86.2 Å². The van der Waals surface area contributed by atoms with Crippen LogP contribution >= 0.6 is 0 Å². The van der Waals surface area contributed by atoms with Crippen LogP contribution in [0, 0.1) is 5.41 Å². The number of rotatable bonds is 4. The summed E-state index contributed by atoms with van der Waals surface area (Å²) in [5, 5.41) is 0. The van der Waals surface area contributed by atoms with Crippen molar-refractivity contribution in [2.75, 3.05) is 0 Å². The van der Waals surface area contributed by atoms with Gasteiger partial charge in [-0.2, -0.15) is 8.42 Å². The van der Waals surface area contributed by atoms with Gasteiger partial charge >= 0.3 is 16.1 Å². The van der Waals surface area contributed by atoms with Gasteiger partial charge in [0.15, 0.2) is 0 Å². The molecule has 0 saturated carbocycles. The van der Waals surface area contributed by atoms with Crippen molar-refractivity contribution in [1.29, 1.82) is 0 Å². The zero-order chi connectivity index (χ0) is 12.4. The Morgan fingerprint density at radius 1 is 1.40 bits per heavy atom. The summed E-state index contributed by atoms with van der Waals surface area (Å²) in [5.74, 6) is -1.39. The highest BCUT2D eigenvalue weighted by Crippen LogP contribution is 2.27. The van der Waals surface area contributed by atoms with Gasteiger partial charge < -0.3 is 4.74 Å². The molecular weight excluding hydrogens is 234 g/mol. The number of hydrogen-bond acceptors (Lipinski definition) is 4. The molecule has 0 aromatic heterocycles. The highest BCUT2D eigenvalue weighted by Gasteiger charge is 2.41. The van der Waals surface area contributed by atoms with Crippen molar-refractivity contribution < 1.29 is 31.3 Å². The van der Waals surface area contributed by atoms with Crippen LogP contribution < -0.4 is 0 Å². The number of ether oxygens (including phenoxy) is 1. The van der Waals surface area contributed by atoms with E-state index in [9.17, 15) is 22.0 Å². The maximum absolute atomic E-state index is 12.3. The second-order valence-corrected chi connectivity index (χ2v) is 5.20. The van der Waals surface area contributed by atoms with Crippen LogP contribution in [-0.2, 0) is 19.6 Å². The molecule has 8 heteroatoms. The number of alkyl halides is 2. The summed E-state index contributed by atoms with van der Waals surface area (Å²) in [4.78, 5) is 11.1. The number of halogens is 2. The Morgan fingerprint density at radius 3 is 2.07 bits per heavy atom. The van der Waals surface area contributed by atoms with E-state index in [2.05, 4.69) is 4.74 Å². The van der Waals surface area contributed by atoms with Crippen molar-refractivity contribution in [2.24, 2.45) is 5.41 Å². The minimum absolute atomic E-state index is 0.870. The summed E-state index contributed by atoms with van der Waals surface area (Å²) >= 11 is 0. The molecule has 0 aromatic rings. The van der Waals surface area contributed by atoms with Crippen LogP contribution in [0.3, 0.4) is 0 Å². The Hall–Kier alpha value is -0.760. The molecule has 0 amide bonds. The molecule has 5 nitrogen and oxygen atoms in total. The molecule has 0 spiro atoms. The molecule has 0 heterocycles. The minimum atomic E-state index is -4.57. The van der Waals surface area contributed by atoms with Crippen LogP contribution in [-0.4, -0.2) is 30.8 Å². The lowest BCUT2D eigenvalue weighted by Crippen LogP contribution is -2.37. The molecule has 0 radical (unpaired) electrons. The molecule has 0 aliphatic carbocycles. The number of carbonyl (C=O) groups is 1. The fourth-order valence-corrected chi connectivity index (χ4v) is 0.661.